The molecule has 0 aliphatic carbocycles. The summed E-state index contributed by atoms with van der Waals surface area (Å²) in [6, 6.07) is 5.53. The summed E-state index contributed by atoms with van der Waals surface area (Å²) in [7, 11) is 0. The molecule has 0 bridgehead atoms. The lowest BCUT2D eigenvalue weighted by atomic mass is 9.97. The number of piperidine rings is 1. The maximum absolute atomic E-state index is 12.0. The van der Waals surface area contributed by atoms with Gasteiger partial charge in [-0.05, 0) is 37.5 Å². The number of carbonyl (C=O) groups is 1. The smallest absolute Gasteiger partial charge is 0.353 e. The summed E-state index contributed by atoms with van der Waals surface area (Å²) in [5, 5.41) is 14.9. The third-order valence-corrected chi connectivity index (χ3v) is 5.47. The average Bonchev–Trinajstić information content (AvgIpc) is 2.82. The van der Waals surface area contributed by atoms with Crippen molar-refractivity contribution in [3.63, 3.8) is 0 Å². The van der Waals surface area contributed by atoms with E-state index in [1.165, 1.54) is 6.33 Å². The van der Waals surface area contributed by atoms with Gasteiger partial charge in [0.2, 0.25) is 11.6 Å². The molecule has 0 radical (unpaired) electrons. The largest absolute Gasteiger partial charge is 0.486 e. The van der Waals surface area contributed by atoms with Gasteiger partial charge in [0.05, 0.1) is 17.4 Å². The van der Waals surface area contributed by atoms with Crippen LogP contribution in [0, 0.1) is 16.0 Å². The van der Waals surface area contributed by atoms with Crippen molar-refractivity contribution in [3.8, 4) is 11.5 Å². The number of hydrogen-bond acceptors (Lipinski definition) is 10. The molecule has 0 amide bonds. The number of rotatable bonds is 7. The lowest BCUT2D eigenvalue weighted by Crippen LogP contribution is -2.37. The van der Waals surface area contributed by atoms with E-state index in [0.29, 0.717) is 63.8 Å². The van der Waals surface area contributed by atoms with Crippen molar-refractivity contribution in [3.05, 3.63) is 40.2 Å². The molecule has 0 unspecified atom stereocenters. The zero-order chi connectivity index (χ0) is 22.5. The Morgan fingerprint density at radius 3 is 2.72 bits per heavy atom. The predicted octanol–water partition coefficient (Wildman–Crippen LogP) is 2.55. The number of nitrogens with one attached hydrogen (secondary N) is 1. The fraction of sp³-hybridized carbons (Fsp3) is 0.476. The Labute approximate surface area is 184 Å². The van der Waals surface area contributed by atoms with Gasteiger partial charge in [-0.1, -0.05) is 6.07 Å². The topological polar surface area (TPSA) is 129 Å². The Kier molecular flexibility index (Phi) is 6.52. The summed E-state index contributed by atoms with van der Waals surface area (Å²) in [4.78, 5) is 33.5. The SMILES string of the molecule is CCOC(=O)C1CCN(c2ncnc(NCc3ccc4c(c3)OCCO4)c2[N+](=O)[O-])CC1. The first-order chi connectivity index (χ1) is 15.6. The Hall–Kier alpha value is -3.63. The molecule has 0 saturated carbocycles. The Morgan fingerprint density at radius 1 is 1.25 bits per heavy atom. The van der Waals surface area contributed by atoms with Gasteiger partial charge in [-0.3, -0.25) is 14.9 Å². The van der Waals surface area contributed by atoms with Gasteiger partial charge in [-0.25, -0.2) is 9.97 Å². The number of esters is 1. The van der Waals surface area contributed by atoms with Crippen LogP contribution in [0.5, 0.6) is 11.5 Å². The van der Waals surface area contributed by atoms with Crippen LogP contribution in [0.2, 0.25) is 0 Å². The Bertz CT molecular complexity index is 993. The van der Waals surface area contributed by atoms with E-state index in [1.54, 1.807) is 6.92 Å². The summed E-state index contributed by atoms with van der Waals surface area (Å²) in [5.41, 5.74) is 0.693. The molecule has 1 N–H and O–H groups in total. The minimum Gasteiger partial charge on any atom is -0.486 e. The predicted molar refractivity (Wildman–Crippen MR) is 115 cm³/mol. The normalized spacial score (nSPS) is 15.8. The highest BCUT2D eigenvalue weighted by Crippen LogP contribution is 2.35. The van der Waals surface area contributed by atoms with Crippen LogP contribution in [-0.4, -0.2) is 53.8 Å². The fourth-order valence-electron chi connectivity index (χ4n) is 3.87. The number of fused-ring (bicyclic) bond motifs is 1. The van der Waals surface area contributed by atoms with Crippen LogP contribution in [0.1, 0.15) is 25.3 Å². The van der Waals surface area contributed by atoms with Crippen molar-refractivity contribution in [2.24, 2.45) is 5.92 Å². The van der Waals surface area contributed by atoms with Gasteiger partial charge in [0.1, 0.15) is 19.5 Å². The molecule has 2 aromatic rings. The van der Waals surface area contributed by atoms with Crippen molar-refractivity contribution >= 4 is 23.3 Å². The summed E-state index contributed by atoms with van der Waals surface area (Å²) < 4.78 is 16.2. The Balaban J connectivity index is 1.48. The van der Waals surface area contributed by atoms with Crippen LogP contribution in [0.15, 0.2) is 24.5 Å². The van der Waals surface area contributed by atoms with Crippen LogP contribution in [0.4, 0.5) is 17.3 Å². The first-order valence-corrected chi connectivity index (χ1v) is 10.6. The van der Waals surface area contributed by atoms with Gasteiger partial charge in [0.15, 0.2) is 11.5 Å². The number of hydrogen-bond donors (Lipinski definition) is 1. The lowest BCUT2D eigenvalue weighted by molar-refractivity contribution is -0.383. The maximum Gasteiger partial charge on any atom is 0.353 e. The molecule has 2 aliphatic rings. The van der Waals surface area contributed by atoms with Crippen molar-refractivity contribution < 1.29 is 23.9 Å². The molecule has 0 atom stereocenters. The number of benzene rings is 1. The van der Waals surface area contributed by atoms with E-state index in [2.05, 4.69) is 15.3 Å². The van der Waals surface area contributed by atoms with Crippen LogP contribution in [0.25, 0.3) is 0 Å². The fourth-order valence-corrected chi connectivity index (χ4v) is 3.87. The first kappa shape index (κ1) is 21.6. The standard InChI is InChI=1S/C21H25N5O6/c1-2-30-21(27)15-5-7-25(8-6-15)20-18(26(28)29)19(23-13-24-20)22-12-14-3-4-16-17(11-14)32-10-9-31-16/h3-4,11,13,15H,2,5-10,12H2,1H3,(H,22,23,24). The molecule has 0 spiro atoms. The van der Waals surface area contributed by atoms with Crippen molar-refractivity contribution in [1.29, 1.82) is 0 Å². The van der Waals surface area contributed by atoms with E-state index in [1.807, 2.05) is 23.1 Å². The molecule has 11 nitrogen and oxygen atoms in total. The molecule has 1 aromatic heterocycles. The summed E-state index contributed by atoms with van der Waals surface area (Å²) in [5.74, 6) is 1.31. The molecule has 2 aliphatic heterocycles. The van der Waals surface area contributed by atoms with Gasteiger partial charge in [-0.2, -0.15) is 0 Å². The minimum absolute atomic E-state index is 0.141. The molecule has 1 saturated heterocycles. The van der Waals surface area contributed by atoms with Gasteiger partial charge in [0, 0.05) is 19.6 Å². The quantitative estimate of drug-likeness (QED) is 0.387. The Morgan fingerprint density at radius 2 is 2.00 bits per heavy atom. The van der Waals surface area contributed by atoms with Crippen molar-refractivity contribution in [2.75, 3.05) is 43.1 Å². The highest BCUT2D eigenvalue weighted by Gasteiger charge is 2.32. The van der Waals surface area contributed by atoms with Gasteiger partial charge >= 0.3 is 11.7 Å². The van der Waals surface area contributed by atoms with E-state index in [4.69, 9.17) is 14.2 Å². The molecular weight excluding hydrogens is 418 g/mol. The molecule has 170 valence electrons. The number of nitro groups is 1. The van der Waals surface area contributed by atoms with E-state index in [-0.39, 0.29) is 29.2 Å². The monoisotopic (exact) mass is 443 g/mol. The van der Waals surface area contributed by atoms with Gasteiger partial charge in [-0.15, -0.1) is 0 Å². The third kappa shape index (κ3) is 4.66. The molecular formula is C21H25N5O6. The third-order valence-electron chi connectivity index (χ3n) is 5.47. The van der Waals surface area contributed by atoms with E-state index in [0.717, 1.165) is 5.56 Å². The zero-order valence-corrected chi connectivity index (χ0v) is 17.8. The second kappa shape index (κ2) is 9.67. The van der Waals surface area contributed by atoms with Crippen molar-refractivity contribution in [1.82, 2.24) is 9.97 Å². The van der Waals surface area contributed by atoms with Crippen molar-refractivity contribution in [2.45, 2.75) is 26.3 Å². The van der Waals surface area contributed by atoms with E-state index in [9.17, 15) is 14.9 Å². The molecule has 1 aromatic carbocycles. The van der Waals surface area contributed by atoms with Crippen LogP contribution >= 0.6 is 0 Å². The average molecular weight is 443 g/mol. The molecule has 32 heavy (non-hydrogen) atoms. The van der Waals surface area contributed by atoms with E-state index >= 15 is 0 Å². The number of nitrogens with zero attached hydrogens (tertiary/aromatic N) is 4. The highest BCUT2D eigenvalue weighted by atomic mass is 16.6. The molecule has 1 fully saturated rings. The summed E-state index contributed by atoms with van der Waals surface area (Å²) in [6.45, 7) is 4.38. The van der Waals surface area contributed by atoms with Crippen LogP contribution < -0.4 is 19.7 Å². The second-order valence-electron chi connectivity index (χ2n) is 7.50. The van der Waals surface area contributed by atoms with Gasteiger partial charge < -0.3 is 24.4 Å². The highest BCUT2D eigenvalue weighted by molar-refractivity contribution is 5.74. The molecule has 11 heteroatoms. The summed E-state index contributed by atoms with van der Waals surface area (Å²) >= 11 is 0. The first-order valence-electron chi connectivity index (χ1n) is 10.6. The number of carbonyl (C=O) groups excluding carboxylic acids is 1. The van der Waals surface area contributed by atoms with Gasteiger partial charge in [0.25, 0.3) is 0 Å². The zero-order valence-electron chi connectivity index (χ0n) is 17.8. The lowest BCUT2D eigenvalue weighted by Gasteiger charge is -2.31. The maximum atomic E-state index is 12.0. The molecule has 4 rings (SSSR count). The summed E-state index contributed by atoms with van der Waals surface area (Å²) in [6.07, 6.45) is 2.42. The number of anilines is 2. The minimum atomic E-state index is -0.473. The number of aromatic nitrogens is 2. The van der Waals surface area contributed by atoms with Crippen LogP contribution in [0.3, 0.4) is 0 Å². The number of ether oxygens (including phenoxy) is 3. The van der Waals surface area contributed by atoms with E-state index < -0.39 is 4.92 Å². The second-order valence-corrected chi connectivity index (χ2v) is 7.50. The molecule has 3 heterocycles. The van der Waals surface area contributed by atoms with Crippen LogP contribution in [-0.2, 0) is 16.1 Å².